The molecule has 0 unspecified atom stereocenters. The van der Waals surface area contributed by atoms with Gasteiger partial charge in [0, 0.05) is 60.6 Å². The summed E-state index contributed by atoms with van der Waals surface area (Å²) in [6.45, 7) is 13.5. The number of aromatic amines is 1. The number of benzene rings is 3. The number of nitro benzene ring substituents is 1. The molecule has 378 valence electrons. The first-order valence-corrected chi connectivity index (χ1v) is 26.9. The summed E-state index contributed by atoms with van der Waals surface area (Å²) in [5.41, 5.74) is 4.29. The van der Waals surface area contributed by atoms with Gasteiger partial charge in [-0.05, 0) is 136 Å². The summed E-state index contributed by atoms with van der Waals surface area (Å²) in [4.78, 5) is 38.4. The van der Waals surface area contributed by atoms with E-state index in [2.05, 4.69) is 81.8 Å². The number of aromatic nitrogens is 2. The minimum absolute atomic E-state index is 0.0264. The highest BCUT2D eigenvalue weighted by molar-refractivity contribution is 7.90. The lowest BCUT2D eigenvalue weighted by molar-refractivity contribution is -0.384. The van der Waals surface area contributed by atoms with E-state index in [9.17, 15) is 28.4 Å². The molecule has 0 bridgehead atoms. The number of amides is 1. The van der Waals surface area contributed by atoms with Crippen LogP contribution < -0.4 is 29.1 Å². The number of nitrogens with zero attached hydrogens (tertiary/aromatic N) is 4. The molecule has 1 amide bonds. The van der Waals surface area contributed by atoms with Crippen LogP contribution in [0, 0.1) is 26.9 Å². The van der Waals surface area contributed by atoms with Gasteiger partial charge in [0.1, 0.15) is 24.6 Å². The number of aliphatic hydroxyl groups is 1. The van der Waals surface area contributed by atoms with Crippen LogP contribution in [0.5, 0.6) is 23.1 Å². The zero-order chi connectivity index (χ0) is 49.8. The Morgan fingerprint density at radius 2 is 1.75 bits per heavy atom. The number of hydrogen-bond acceptors (Lipinski definition) is 13. The highest BCUT2D eigenvalue weighted by Gasteiger charge is 2.50. The van der Waals surface area contributed by atoms with E-state index in [0.29, 0.717) is 29.0 Å². The van der Waals surface area contributed by atoms with Crippen LogP contribution in [0.25, 0.3) is 11.0 Å². The molecule has 4 fully saturated rings. The summed E-state index contributed by atoms with van der Waals surface area (Å²) in [6, 6.07) is 20.6. The van der Waals surface area contributed by atoms with Crippen molar-refractivity contribution in [2.75, 3.05) is 43.1 Å². The summed E-state index contributed by atoms with van der Waals surface area (Å²) >= 11 is 0. The number of H-pyrrole nitrogens is 1. The first-order chi connectivity index (χ1) is 33.9. The highest BCUT2D eigenvalue weighted by atomic mass is 32.2. The number of nitro groups is 1. The second-order valence-electron chi connectivity index (χ2n) is 21.9. The standard InChI is InChI=1S/C54H67N7O9S/c1-33(2)40-9-6-7-10-41(40)44-11-8-22-60(44)38-29-54(30-38)19-23-59(24-20-54)37-12-13-42(46(26-37)70-48-25-36-16-21-55-50(36)57-52(48)69-31-34(3)62)51(63)58-71(66,67)39-27-45(61(64)65)49-47(28-39)68-32-43(56-49)35-14-17-53(4,5)18-15-35/h6-7,9-10,12-13,16,21,25-28,33-35,38,43-44,56,62H,8,11,14-15,17-20,22-24,29-32H2,1-5H3,(H,55,57)(H,58,63)/t34-,43+,44+/m0/s1. The fraction of sp³-hybridized carbons (Fsp3) is 0.519. The molecule has 2 saturated heterocycles. The number of piperidine rings is 1. The van der Waals surface area contributed by atoms with Gasteiger partial charge in [-0.2, -0.15) is 4.98 Å². The van der Waals surface area contributed by atoms with Gasteiger partial charge in [-0.1, -0.05) is 52.0 Å². The summed E-state index contributed by atoms with van der Waals surface area (Å²) in [6.07, 6.45) is 11.6. The lowest BCUT2D eigenvalue weighted by Gasteiger charge is -2.56. The number of likely N-dealkylation sites (tertiary alicyclic amines) is 1. The zero-order valence-electron chi connectivity index (χ0n) is 41.4. The summed E-state index contributed by atoms with van der Waals surface area (Å²) in [7, 11) is -4.71. The SMILES string of the molecule is CC(C)c1ccccc1[C@H]1CCCN1C1CC2(CCN(c3ccc(C(=O)NS(=O)(=O)c4cc5c(c([N+](=O)[O-])c4)N[C@@H](C4CCC(C)(C)CC4)CO5)c(Oc4cc5cc[nH]c5nc4OC[C@H](C)O)c3)CC2)C1. The average Bonchev–Trinajstić information content (AvgIpc) is 4.02. The van der Waals surface area contributed by atoms with Crippen LogP contribution >= 0.6 is 0 Å². The summed E-state index contributed by atoms with van der Waals surface area (Å²) < 4.78 is 49.0. The molecule has 1 spiro atoms. The molecule has 2 aliphatic carbocycles. The number of carbonyl (C=O) groups excluding carboxylic acids is 1. The van der Waals surface area contributed by atoms with Crippen molar-refractivity contribution in [2.24, 2.45) is 16.7 Å². The fourth-order valence-corrected chi connectivity index (χ4v) is 13.0. The molecule has 2 aromatic heterocycles. The van der Waals surface area contributed by atoms with E-state index in [0.717, 1.165) is 69.9 Å². The van der Waals surface area contributed by atoms with Gasteiger partial charge in [-0.15, -0.1) is 0 Å². The Morgan fingerprint density at radius 1 is 0.986 bits per heavy atom. The van der Waals surface area contributed by atoms with Gasteiger partial charge in [0.25, 0.3) is 27.5 Å². The molecule has 71 heavy (non-hydrogen) atoms. The number of aliphatic hydroxyl groups excluding tert-OH is 1. The molecule has 17 heteroatoms. The van der Waals surface area contributed by atoms with E-state index in [4.69, 9.17) is 14.2 Å². The van der Waals surface area contributed by atoms with Gasteiger partial charge in [0.2, 0.25) is 0 Å². The fourth-order valence-electron chi connectivity index (χ4n) is 12.0. The minimum Gasteiger partial charge on any atom is -0.489 e. The maximum Gasteiger partial charge on any atom is 0.297 e. The molecule has 3 aliphatic heterocycles. The predicted molar refractivity (Wildman–Crippen MR) is 272 cm³/mol. The molecular weight excluding hydrogens is 923 g/mol. The third kappa shape index (κ3) is 10.0. The van der Waals surface area contributed by atoms with Gasteiger partial charge >= 0.3 is 0 Å². The summed E-state index contributed by atoms with van der Waals surface area (Å²) in [5, 5.41) is 26.6. The van der Waals surface area contributed by atoms with Crippen LogP contribution in [0.4, 0.5) is 17.1 Å². The third-order valence-electron chi connectivity index (χ3n) is 16.1. The second-order valence-corrected chi connectivity index (χ2v) is 23.6. The van der Waals surface area contributed by atoms with Crippen molar-refractivity contribution in [2.45, 2.75) is 134 Å². The molecule has 2 saturated carbocycles. The quantitative estimate of drug-likeness (QED) is 0.0605. The van der Waals surface area contributed by atoms with Crippen LogP contribution in [0.15, 0.2) is 77.8 Å². The minimum atomic E-state index is -4.71. The number of sulfonamides is 1. The molecule has 5 aliphatic rings. The van der Waals surface area contributed by atoms with Crippen LogP contribution in [0.1, 0.15) is 132 Å². The molecule has 4 N–H and O–H groups in total. The Balaban J connectivity index is 0.891. The highest BCUT2D eigenvalue weighted by Crippen LogP contribution is 2.55. The summed E-state index contributed by atoms with van der Waals surface area (Å²) in [5.74, 6) is -0.0164. The Kier molecular flexibility index (Phi) is 13.2. The maximum absolute atomic E-state index is 14.4. The van der Waals surface area contributed by atoms with Crippen LogP contribution in [0.3, 0.4) is 0 Å². The molecular formula is C54H67N7O9S. The van der Waals surface area contributed by atoms with Gasteiger partial charge < -0.3 is 34.5 Å². The average molecular weight is 990 g/mol. The topological polar surface area (TPSA) is 201 Å². The van der Waals surface area contributed by atoms with Crippen LogP contribution in [-0.4, -0.2) is 90.3 Å². The monoisotopic (exact) mass is 989 g/mol. The number of hydrogen-bond donors (Lipinski definition) is 4. The van der Waals surface area contributed by atoms with Gasteiger partial charge in [0.05, 0.1) is 27.5 Å². The van der Waals surface area contributed by atoms with Crippen molar-refractivity contribution in [1.29, 1.82) is 0 Å². The van der Waals surface area contributed by atoms with Crippen molar-refractivity contribution in [3.63, 3.8) is 0 Å². The van der Waals surface area contributed by atoms with Crippen molar-refractivity contribution < 1.29 is 37.5 Å². The number of nitrogens with one attached hydrogen (secondary N) is 3. The van der Waals surface area contributed by atoms with Crippen LogP contribution in [-0.2, 0) is 10.0 Å². The smallest absolute Gasteiger partial charge is 0.297 e. The largest absolute Gasteiger partial charge is 0.489 e. The van der Waals surface area contributed by atoms with E-state index in [-0.39, 0.29) is 70.4 Å². The molecule has 16 nitrogen and oxygen atoms in total. The molecule has 3 aromatic carbocycles. The van der Waals surface area contributed by atoms with Crippen molar-refractivity contribution in [3.05, 3.63) is 99.7 Å². The van der Waals surface area contributed by atoms with Gasteiger partial charge in [-0.3, -0.25) is 19.8 Å². The zero-order valence-corrected chi connectivity index (χ0v) is 42.2. The lowest BCUT2D eigenvalue weighted by atomic mass is 9.59. The van der Waals surface area contributed by atoms with Gasteiger partial charge in [-0.25, -0.2) is 13.1 Å². The Morgan fingerprint density at radius 3 is 2.48 bits per heavy atom. The first kappa shape index (κ1) is 48.7. The van der Waals surface area contributed by atoms with E-state index in [1.165, 1.54) is 48.9 Å². The normalized spacial score (nSPS) is 21.8. The number of carbonyl (C=O) groups is 1. The molecule has 5 heterocycles. The predicted octanol–water partition coefficient (Wildman–Crippen LogP) is 10.2. The Bertz CT molecular complexity index is 2910. The maximum atomic E-state index is 14.4. The second kappa shape index (κ2) is 19.3. The molecule has 5 aromatic rings. The molecule has 10 rings (SSSR count). The van der Waals surface area contributed by atoms with Crippen molar-refractivity contribution in [1.82, 2.24) is 19.6 Å². The van der Waals surface area contributed by atoms with Gasteiger partial charge in [0.15, 0.2) is 17.2 Å². The number of pyridine rings is 1. The third-order valence-corrected chi connectivity index (χ3v) is 17.4. The Hall–Kier alpha value is -5.91. The molecule has 0 radical (unpaired) electrons. The van der Waals surface area contributed by atoms with E-state index >= 15 is 0 Å². The number of anilines is 2. The van der Waals surface area contributed by atoms with Crippen molar-refractivity contribution >= 4 is 44.0 Å². The van der Waals surface area contributed by atoms with Crippen molar-refractivity contribution in [3.8, 4) is 23.1 Å². The van der Waals surface area contributed by atoms with Crippen LogP contribution in [0.2, 0.25) is 0 Å². The number of fused-ring (bicyclic) bond motifs is 2. The number of ether oxygens (including phenoxy) is 3. The lowest BCUT2D eigenvalue weighted by Crippen LogP contribution is -2.54. The molecule has 3 atom stereocenters. The van der Waals surface area contributed by atoms with E-state index < -0.39 is 37.5 Å². The van der Waals surface area contributed by atoms with E-state index in [1.54, 1.807) is 37.4 Å². The first-order valence-electron chi connectivity index (χ1n) is 25.4. The number of rotatable bonds is 14. The Labute approximate surface area is 416 Å². The van der Waals surface area contributed by atoms with E-state index in [1.807, 2.05) is 0 Å².